The first kappa shape index (κ1) is 18.5. The van der Waals surface area contributed by atoms with E-state index in [0.29, 0.717) is 22.9 Å². The average molecular weight is 417 g/mol. The lowest BCUT2D eigenvalue weighted by Crippen LogP contribution is -2.36. The van der Waals surface area contributed by atoms with Crippen molar-refractivity contribution in [2.45, 2.75) is 18.9 Å². The molecule has 0 aliphatic carbocycles. The minimum Gasteiger partial charge on any atom is -0.393 e. The number of aliphatic hydroxyl groups excluding tert-OH is 1. The Bertz CT molecular complexity index is 1220. The SMILES string of the molecule is N#Cc1cc(Nc2ccc3nnc(-c4ccsc4)n3n2)ccc1N1CCC(O)CC1. The van der Waals surface area contributed by atoms with E-state index in [1.54, 1.807) is 15.9 Å². The van der Waals surface area contributed by atoms with Crippen LogP contribution in [0.2, 0.25) is 0 Å². The van der Waals surface area contributed by atoms with Crippen molar-refractivity contribution in [3.05, 3.63) is 52.7 Å². The number of hydrogen-bond donors (Lipinski definition) is 2. The van der Waals surface area contributed by atoms with E-state index >= 15 is 0 Å². The third kappa shape index (κ3) is 3.47. The van der Waals surface area contributed by atoms with Crippen LogP contribution < -0.4 is 10.2 Å². The molecule has 0 saturated carbocycles. The second-order valence-corrected chi connectivity index (χ2v) is 7.99. The molecule has 4 heterocycles. The molecule has 1 fully saturated rings. The molecule has 0 unspecified atom stereocenters. The third-order valence-electron chi connectivity index (χ3n) is 5.24. The average Bonchev–Trinajstić information content (AvgIpc) is 3.44. The minimum absolute atomic E-state index is 0.245. The van der Waals surface area contributed by atoms with Crippen LogP contribution in [-0.2, 0) is 0 Å². The molecular weight excluding hydrogens is 398 g/mol. The monoisotopic (exact) mass is 417 g/mol. The number of fused-ring (bicyclic) bond motifs is 1. The molecule has 0 spiro atoms. The Morgan fingerprint density at radius 2 is 2.00 bits per heavy atom. The summed E-state index contributed by atoms with van der Waals surface area (Å²) in [5.74, 6) is 1.33. The van der Waals surface area contributed by atoms with E-state index < -0.39 is 0 Å². The fourth-order valence-corrected chi connectivity index (χ4v) is 4.30. The molecule has 9 heteroatoms. The lowest BCUT2D eigenvalue weighted by molar-refractivity contribution is 0.145. The van der Waals surface area contributed by atoms with E-state index in [9.17, 15) is 10.4 Å². The van der Waals surface area contributed by atoms with Gasteiger partial charge in [-0.1, -0.05) is 0 Å². The van der Waals surface area contributed by atoms with Gasteiger partial charge in [0.2, 0.25) is 0 Å². The van der Waals surface area contributed by atoms with Crippen molar-refractivity contribution in [3.8, 4) is 17.5 Å². The number of rotatable bonds is 4. The van der Waals surface area contributed by atoms with Gasteiger partial charge in [-0.3, -0.25) is 0 Å². The first-order valence-electron chi connectivity index (χ1n) is 9.70. The Balaban J connectivity index is 1.42. The molecule has 0 radical (unpaired) electrons. The molecule has 150 valence electrons. The Hall–Kier alpha value is -3.48. The molecule has 3 aromatic heterocycles. The fourth-order valence-electron chi connectivity index (χ4n) is 3.66. The van der Waals surface area contributed by atoms with Crippen molar-refractivity contribution in [1.82, 2.24) is 19.8 Å². The molecule has 4 aromatic rings. The normalized spacial score (nSPS) is 14.7. The molecule has 1 saturated heterocycles. The lowest BCUT2D eigenvalue weighted by atomic mass is 10.0. The standard InChI is InChI=1S/C21H19N7OS/c22-12-15-11-16(1-2-18(15)27-8-5-17(29)6-9-27)23-19-3-4-20-24-25-21(28(20)26-19)14-7-10-30-13-14/h1-4,7,10-11,13,17,29H,5-6,8-9H2,(H,23,26). The Morgan fingerprint density at radius 3 is 2.77 bits per heavy atom. The van der Waals surface area contributed by atoms with Gasteiger partial charge < -0.3 is 15.3 Å². The van der Waals surface area contributed by atoms with E-state index in [0.717, 1.165) is 42.9 Å². The molecule has 1 aliphatic rings. The van der Waals surface area contributed by atoms with Gasteiger partial charge in [-0.25, -0.2) is 0 Å². The van der Waals surface area contributed by atoms with E-state index in [1.807, 2.05) is 47.2 Å². The van der Waals surface area contributed by atoms with Crippen LogP contribution in [0.4, 0.5) is 17.2 Å². The quantitative estimate of drug-likeness (QED) is 0.524. The Kier molecular flexibility index (Phi) is 4.78. The highest BCUT2D eigenvalue weighted by Gasteiger charge is 2.19. The largest absolute Gasteiger partial charge is 0.393 e. The van der Waals surface area contributed by atoms with E-state index in [4.69, 9.17) is 0 Å². The van der Waals surface area contributed by atoms with Gasteiger partial charge in [0, 0.05) is 29.7 Å². The van der Waals surface area contributed by atoms with Crippen LogP contribution in [0, 0.1) is 11.3 Å². The number of hydrogen-bond acceptors (Lipinski definition) is 8. The van der Waals surface area contributed by atoms with Crippen molar-refractivity contribution in [2.24, 2.45) is 0 Å². The summed E-state index contributed by atoms with van der Waals surface area (Å²) in [6, 6.07) is 13.7. The van der Waals surface area contributed by atoms with Crippen molar-refractivity contribution in [1.29, 1.82) is 5.26 Å². The van der Waals surface area contributed by atoms with Gasteiger partial charge in [-0.15, -0.1) is 15.3 Å². The predicted molar refractivity (Wildman–Crippen MR) is 116 cm³/mol. The van der Waals surface area contributed by atoms with Gasteiger partial charge in [0.05, 0.1) is 17.4 Å². The first-order valence-corrected chi connectivity index (χ1v) is 10.6. The summed E-state index contributed by atoms with van der Waals surface area (Å²) in [5, 5.41) is 39.7. The molecular formula is C21H19N7OS. The van der Waals surface area contributed by atoms with Gasteiger partial charge in [-0.05, 0) is 54.6 Å². The highest BCUT2D eigenvalue weighted by molar-refractivity contribution is 7.08. The van der Waals surface area contributed by atoms with Crippen molar-refractivity contribution in [2.75, 3.05) is 23.3 Å². The zero-order valence-electron chi connectivity index (χ0n) is 16.1. The number of nitrogens with one attached hydrogen (secondary N) is 1. The summed E-state index contributed by atoms with van der Waals surface area (Å²) in [4.78, 5) is 2.16. The number of nitrogens with zero attached hydrogens (tertiary/aromatic N) is 6. The minimum atomic E-state index is -0.245. The number of thiophene rings is 1. The summed E-state index contributed by atoms with van der Waals surface area (Å²) in [7, 11) is 0. The van der Waals surface area contributed by atoms with Crippen LogP contribution in [0.3, 0.4) is 0 Å². The number of aromatic nitrogens is 4. The zero-order valence-corrected chi connectivity index (χ0v) is 16.9. The highest BCUT2D eigenvalue weighted by Crippen LogP contribution is 2.28. The maximum atomic E-state index is 9.73. The van der Waals surface area contributed by atoms with Gasteiger partial charge in [0.25, 0.3) is 0 Å². The summed E-state index contributed by atoms with van der Waals surface area (Å²) < 4.78 is 1.71. The van der Waals surface area contributed by atoms with Crippen molar-refractivity contribution < 1.29 is 5.11 Å². The van der Waals surface area contributed by atoms with E-state index in [1.165, 1.54) is 0 Å². The van der Waals surface area contributed by atoms with E-state index in [2.05, 4.69) is 31.6 Å². The van der Waals surface area contributed by atoms with Crippen LogP contribution in [0.25, 0.3) is 17.0 Å². The predicted octanol–water partition coefficient (Wildman–Crippen LogP) is 3.43. The fraction of sp³-hybridized carbons (Fsp3) is 0.238. The Labute approximate surface area is 177 Å². The first-order chi connectivity index (χ1) is 14.7. The molecule has 5 rings (SSSR count). The van der Waals surface area contributed by atoms with Crippen molar-refractivity contribution >= 4 is 34.2 Å². The molecule has 1 aliphatic heterocycles. The van der Waals surface area contributed by atoms with Gasteiger partial charge in [0.15, 0.2) is 17.3 Å². The molecule has 1 aromatic carbocycles. The summed E-state index contributed by atoms with van der Waals surface area (Å²) in [6.07, 6.45) is 1.20. The summed E-state index contributed by atoms with van der Waals surface area (Å²) in [6.45, 7) is 1.50. The molecule has 8 nitrogen and oxygen atoms in total. The number of anilines is 3. The van der Waals surface area contributed by atoms with Crippen LogP contribution in [0.5, 0.6) is 0 Å². The number of benzene rings is 1. The zero-order chi connectivity index (χ0) is 20.5. The van der Waals surface area contributed by atoms with Crippen LogP contribution >= 0.6 is 11.3 Å². The summed E-state index contributed by atoms with van der Waals surface area (Å²) >= 11 is 1.60. The maximum Gasteiger partial charge on any atom is 0.186 e. The highest BCUT2D eigenvalue weighted by atomic mass is 32.1. The molecule has 2 N–H and O–H groups in total. The second-order valence-electron chi connectivity index (χ2n) is 7.21. The van der Waals surface area contributed by atoms with Crippen LogP contribution in [0.1, 0.15) is 18.4 Å². The number of aliphatic hydroxyl groups is 1. The maximum absolute atomic E-state index is 9.73. The van der Waals surface area contributed by atoms with Gasteiger partial charge in [0.1, 0.15) is 6.07 Å². The molecule has 0 amide bonds. The molecule has 0 atom stereocenters. The smallest absolute Gasteiger partial charge is 0.186 e. The van der Waals surface area contributed by atoms with Crippen LogP contribution in [0.15, 0.2) is 47.2 Å². The molecule has 30 heavy (non-hydrogen) atoms. The van der Waals surface area contributed by atoms with Gasteiger partial charge >= 0.3 is 0 Å². The molecule has 0 bridgehead atoms. The summed E-state index contributed by atoms with van der Waals surface area (Å²) in [5.41, 5.74) is 3.92. The van der Waals surface area contributed by atoms with Crippen molar-refractivity contribution in [3.63, 3.8) is 0 Å². The number of nitriles is 1. The van der Waals surface area contributed by atoms with Gasteiger partial charge in [-0.2, -0.15) is 21.1 Å². The third-order valence-corrected chi connectivity index (χ3v) is 5.92. The van der Waals surface area contributed by atoms with E-state index in [-0.39, 0.29) is 6.10 Å². The topological polar surface area (TPSA) is 102 Å². The second kappa shape index (κ2) is 7.74. The van der Waals surface area contributed by atoms with Crippen LogP contribution in [-0.4, -0.2) is 44.1 Å². The lowest BCUT2D eigenvalue weighted by Gasteiger charge is -2.32. The number of piperidine rings is 1. The Morgan fingerprint density at radius 1 is 1.13 bits per heavy atom.